The Kier molecular flexibility index (Phi) is 8.35. The number of hydrogen-bond acceptors (Lipinski definition) is 1. The molecule has 1 atom stereocenters. The predicted octanol–water partition coefficient (Wildman–Crippen LogP) is 5.58. The summed E-state index contributed by atoms with van der Waals surface area (Å²) in [5.74, 6) is 0. The van der Waals surface area contributed by atoms with Gasteiger partial charge in [-0.2, -0.15) is 0 Å². The SMILES string of the molecule is CCCC/C=[C](/S(=O)c1ccccc1)[Sn]([c]1ccccc1)([c]1ccccc1)[c]1ccccc1. The molecule has 0 spiro atoms. The molecule has 0 radical (unpaired) electrons. The van der Waals surface area contributed by atoms with E-state index in [0.29, 0.717) is 0 Å². The summed E-state index contributed by atoms with van der Waals surface area (Å²) in [6.07, 6.45) is 5.48. The van der Waals surface area contributed by atoms with Crippen molar-refractivity contribution >= 4 is 39.9 Å². The van der Waals surface area contributed by atoms with Crippen LogP contribution >= 0.6 is 0 Å². The zero-order valence-corrected chi connectivity index (χ0v) is 22.7. The Balaban J connectivity index is 2.08. The van der Waals surface area contributed by atoms with Crippen molar-refractivity contribution in [3.63, 3.8) is 0 Å². The summed E-state index contributed by atoms with van der Waals surface area (Å²) in [6.45, 7) is 2.21. The molecule has 0 aromatic heterocycles. The van der Waals surface area contributed by atoms with E-state index in [1.807, 2.05) is 30.3 Å². The summed E-state index contributed by atoms with van der Waals surface area (Å²) in [6, 6.07) is 42.5. The fraction of sp³-hybridized carbons (Fsp3) is 0.133. The Labute approximate surface area is 204 Å². The van der Waals surface area contributed by atoms with E-state index >= 15 is 0 Å². The minimum absolute atomic E-state index is 0.879. The number of allylic oxidation sites excluding steroid dienone is 1. The van der Waals surface area contributed by atoms with Gasteiger partial charge in [0.2, 0.25) is 0 Å². The van der Waals surface area contributed by atoms with Gasteiger partial charge in [-0.1, -0.05) is 0 Å². The van der Waals surface area contributed by atoms with Crippen molar-refractivity contribution in [1.82, 2.24) is 0 Å². The molecule has 0 heterocycles. The summed E-state index contributed by atoms with van der Waals surface area (Å²) in [5, 5.41) is 0. The Morgan fingerprint density at radius 3 is 1.45 bits per heavy atom. The van der Waals surface area contributed by atoms with Crippen molar-refractivity contribution in [2.75, 3.05) is 0 Å². The molecule has 0 aliphatic carbocycles. The van der Waals surface area contributed by atoms with E-state index in [4.69, 9.17) is 0 Å². The standard InChI is InChI=1S/C12H15OS.3C6H5.Sn/c1-2-3-4-8-11-14(13)12-9-6-5-7-10-12;3*1-2-4-6-5-3-1;/h5-10H,2-4H2,1H3;3*1-5H;. The van der Waals surface area contributed by atoms with E-state index in [1.165, 1.54) is 10.7 Å². The molecule has 4 rings (SSSR count). The molecular weight excluding hydrogens is 527 g/mol. The topological polar surface area (TPSA) is 17.1 Å². The van der Waals surface area contributed by atoms with Crippen molar-refractivity contribution in [3.05, 3.63) is 130 Å². The fourth-order valence-corrected chi connectivity index (χ4v) is 23.9. The maximum atomic E-state index is 14.4. The first-order valence-corrected chi connectivity index (χ1v) is 18.5. The van der Waals surface area contributed by atoms with E-state index in [9.17, 15) is 4.21 Å². The Morgan fingerprint density at radius 2 is 1.06 bits per heavy atom. The second-order valence-corrected chi connectivity index (χ2v) is 21.4. The molecule has 0 amide bonds. The van der Waals surface area contributed by atoms with Crippen LogP contribution in [0.1, 0.15) is 26.2 Å². The van der Waals surface area contributed by atoms with E-state index in [0.717, 1.165) is 27.1 Å². The van der Waals surface area contributed by atoms with Crippen molar-refractivity contribution in [1.29, 1.82) is 0 Å². The van der Waals surface area contributed by atoms with Crippen molar-refractivity contribution < 1.29 is 4.21 Å². The van der Waals surface area contributed by atoms with E-state index in [-0.39, 0.29) is 0 Å². The third-order valence-corrected chi connectivity index (χ3v) is 23.9. The van der Waals surface area contributed by atoms with Crippen molar-refractivity contribution in [3.8, 4) is 0 Å². The Morgan fingerprint density at radius 1 is 0.667 bits per heavy atom. The average Bonchev–Trinajstić information content (AvgIpc) is 2.90. The van der Waals surface area contributed by atoms with Crippen LogP contribution < -0.4 is 10.7 Å². The normalized spacial score (nSPS) is 12.9. The van der Waals surface area contributed by atoms with Gasteiger partial charge in [0.05, 0.1) is 0 Å². The molecule has 1 nitrogen and oxygen atoms in total. The molecule has 0 fully saturated rings. The molecule has 0 saturated heterocycles. The van der Waals surface area contributed by atoms with Crippen LogP contribution in [0.5, 0.6) is 0 Å². The molecule has 1 unspecified atom stereocenters. The average molecular weight is 557 g/mol. The van der Waals surface area contributed by atoms with Gasteiger partial charge in [-0.15, -0.1) is 0 Å². The van der Waals surface area contributed by atoms with Gasteiger partial charge in [-0.05, 0) is 0 Å². The van der Waals surface area contributed by atoms with Gasteiger partial charge in [0.15, 0.2) is 0 Å². The van der Waals surface area contributed by atoms with Crippen LogP contribution in [0.3, 0.4) is 0 Å². The maximum absolute atomic E-state index is 14.4. The second-order valence-electron chi connectivity index (χ2n) is 8.14. The second kappa shape index (κ2) is 11.6. The van der Waals surface area contributed by atoms with Crippen LogP contribution in [0.15, 0.2) is 135 Å². The first kappa shape index (κ1) is 23.7. The first-order chi connectivity index (χ1) is 16.3. The van der Waals surface area contributed by atoms with Gasteiger partial charge in [0.25, 0.3) is 0 Å². The molecule has 33 heavy (non-hydrogen) atoms. The fourth-order valence-electron chi connectivity index (χ4n) is 4.47. The number of unbranched alkanes of at least 4 members (excludes halogenated alkanes) is 2. The Hall–Kier alpha value is -2.43. The quantitative estimate of drug-likeness (QED) is 0.194. The summed E-state index contributed by atoms with van der Waals surface area (Å²) >= 11 is -3.87. The van der Waals surface area contributed by atoms with E-state index in [2.05, 4.69) is 104 Å². The first-order valence-electron chi connectivity index (χ1n) is 11.6. The summed E-state index contributed by atoms with van der Waals surface area (Å²) in [7, 11) is -1.24. The molecule has 166 valence electrons. The van der Waals surface area contributed by atoms with Crippen LogP contribution in [0, 0.1) is 0 Å². The number of hydrogen-bond donors (Lipinski definition) is 0. The van der Waals surface area contributed by atoms with Crippen LogP contribution in [0.4, 0.5) is 0 Å². The molecule has 4 aromatic carbocycles. The zero-order valence-electron chi connectivity index (χ0n) is 19.1. The van der Waals surface area contributed by atoms with E-state index < -0.39 is 29.2 Å². The molecule has 0 aliphatic rings. The molecule has 0 saturated carbocycles. The van der Waals surface area contributed by atoms with Crippen LogP contribution in [-0.4, -0.2) is 22.6 Å². The minimum atomic E-state index is -3.87. The van der Waals surface area contributed by atoms with Crippen molar-refractivity contribution in [2.24, 2.45) is 0 Å². The number of benzene rings is 4. The molecule has 0 bridgehead atoms. The molecule has 0 aliphatic heterocycles. The van der Waals surface area contributed by atoms with Crippen LogP contribution in [0.2, 0.25) is 0 Å². The third-order valence-electron chi connectivity index (χ3n) is 6.03. The summed E-state index contributed by atoms with van der Waals surface area (Å²) in [5.41, 5.74) is 0. The van der Waals surface area contributed by atoms with Crippen LogP contribution in [0.25, 0.3) is 0 Å². The summed E-state index contributed by atoms with van der Waals surface area (Å²) in [4.78, 5) is 0.879. The molecular formula is C30H30OSSn. The number of rotatable bonds is 9. The van der Waals surface area contributed by atoms with Gasteiger partial charge in [0.1, 0.15) is 0 Å². The van der Waals surface area contributed by atoms with Crippen molar-refractivity contribution in [2.45, 2.75) is 31.1 Å². The summed E-state index contributed by atoms with van der Waals surface area (Å²) < 4.78 is 19.5. The van der Waals surface area contributed by atoms with E-state index in [1.54, 1.807) is 0 Å². The van der Waals surface area contributed by atoms with Crippen LogP contribution in [-0.2, 0) is 10.8 Å². The molecule has 0 N–H and O–H groups in total. The Bertz CT molecular complexity index is 1090. The predicted molar refractivity (Wildman–Crippen MR) is 144 cm³/mol. The monoisotopic (exact) mass is 558 g/mol. The van der Waals surface area contributed by atoms with Gasteiger partial charge >= 0.3 is 206 Å². The zero-order chi connectivity index (χ0) is 22.9. The van der Waals surface area contributed by atoms with Gasteiger partial charge in [-0.3, -0.25) is 0 Å². The van der Waals surface area contributed by atoms with Gasteiger partial charge in [0, 0.05) is 0 Å². The van der Waals surface area contributed by atoms with Gasteiger partial charge in [-0.25, -0.2) is 0 Å². The van der Waals surface area contributed by atoms with Gasteiger partial charge < -0.3 is 0 Å². The molecule has 3 heteroatoms. The third kappa shape index (κ3) is 5.07. The molecule has 4 aromatic rings.